The predicted molar refractivity (Wildman–Crippen MR) is 68.0 cm³/mol. The van der Waals surface area contributed by atoms with Crippen LogP contribution in [0, 0.1) is 0 Å². The van der Waals surface area contributed by atoms with Gasteiger partial charge in [0, 0.05) is 10.4 Å². The van der Waals surface area contributed by atoms with Crippen molar-refractivity contribution in [3.05, 3.63) is 34.7 Å². The highest BCUT2D eigenvalue weighted by molar-refractivity contribution is 7.15. The van der Waals surface area contributed by atoms with E-state index in [9.17, 15) is 0 Å². The third-order valence-corrected chi connectivity index (χ3v) is 3.84. The minimum absolute atomic E-state index is 0.674. The molecule has 0 bridgehead atoms. The number of benzene rings is 1. The molecule has 1 aromatic carbocycles. The smallest absolute Gasteiger partial charge is 0.211 e. The molecule has 0 unspecified atom stereocenters. The number of thiazole rings is 1. The van der Waals surface area contributed by atoms with Crippen LogP contribution in [0.5, 0.6) is 0 Å². The van der Waals surface area contributed by atoms with Gasteiger partial charge < -0.3 is 0 Å². The van der Waals surface area contributed by atoms with Crippen molar-refractivity contribution in [1.29, 1.82) is 0 Å². The highest BCUT2D eigenvalue weighted by atomic mass is 32.1. The van der Waals surface area contributed by atoms with Crippen LogP contribution in [0.3, 0.4) is 0 Å². The molecule has 0 aliphatic heterocycles. The number of fused-ring (bicyclic) bond motifs is 3. The summed E-state index contributed by atoms with van der Waals surface area (Å²) in [4.78, 5) is 9.80. The van der Waals surface area contributed by atoms with E-state index in [0.717, 1.165) is 18.5 Å². The van der Waals surface area contributed by atoms with E-state index in [2.05, 4.69) is 28.2 Å². The summed E-state index contributed by atoms with van der Waals surface area (Å²) < 4.78 is 0. The van der Waals surface area contributed by atoms with Gasteiger partial charge in [-0.15, -0.1) is 0 Å². The van der Waals surface area contributed by atoms with Crippen LogP contribution in [-0.4, -0.2) is 16.5 Å². The topological polar surface area (TPSA) is 57.5 Å². The molecule has 0 saturated carbocycles. The lowest BCUT2D eigenvalue weighted by molar-refractivity contribution is 0.240. The molecule has 1 aromatic heterocycles. The van der Waals surface area contributed by atoms with Crippen molar-refractivity contribution in [3.8, 4) is 11.3 Å². The Morgan fingerprint density at radius 3 is 3.12 bits per heavy atom. The summed E-state index contributed by atoms with van der Waals surface area (Å²) >= 11 is 1.58. The van der Waals surface area contributed by atoms with Crippen molar-refractivity contribution in [3.63, 3.8) is 0 Å². The number of aromatic nitrogens is 1. The van der Waals surface area contributed by atoms with E-state index in [1.54, 1.807) is 11.3 Å². The number of hydrogen-bond acceptors (Lipinski definition) is 4. The Bertz CT molecular complexity index is 577. The third kappa shape index (κ3) is 1.83. The van der Waals surface area contributed by atoms with Gasteiger partial charge in [0.15, 0.2) is 0 Å². The average molecular weight is 245 g/mol. The Labute approximate surface area is 103 Å². The molecule has 0 saturated heterocycles. The van der Waals surface area contributed by atoms with Crippen molar-refractivity contribution < 1.29 is 5.21 Å². The molecule has 2 N–H and O–H groups in total. The Kier molecular flexibility index (Phi) is 2.62. The lowest BCUT2D eigenvalue weighted by Crippen LogP contribution is -2.01. The summed E-state index contributed by atoms with van der Waals surface area (Å²) in [7, 11) is 0. The lowest BCUT2D eigenvalue weighted by Gasteiger charge is -2.13. The zero-order valence-corrected chi connectivity index (χ0v) is 9.87. The number of hydrogen-bond donors (Lipinski definition) is 2. The molecule has 0 spiro atoms. The summed E-state index contributed by atoms with van der Waals surface area (Å²) in [6, 6.07) is 8.34. The summed E-state index contributed by atoms with van der Waals surface area (Å²) in [5, 5.41) is 9.14. The summed E-state index contributed by atoms with van der Waals surface area (Å²) in [5.41, 5.74) is 5.49. The summed E-state index contributed by atoms with van der Waals surface area (Å²) in [5.74, 6) is 0. The van der Waals surface area contributed by atoms with E-state index in [-0.39, 0.29) is 0 Å². The van der Waals surface area contributed by atoms with Crippen LogP contribution in [0.2, 0.25) is 0 Å². The minimum atomic E-state index is 0.674. The van der Waals surface area contributed by atoms with Crippen LogP contribution < -0.4 is 5.48 Å². The van der Waals surface area contributed by atoms with Gasteiger partial charge in [0.1, 0.15) is 6.34 Å². The Morgan fingerprint density at radius 2 is 2.24 bits per heavy atom. The van der Waals surface area contributed by atoms with Gasteiger partial charge in [0.05, 0.1) is 5.69 Å². The van der Waals surface area contributed by atoms with Gasteiger partial charge in [-0.05, 0) is 18.4 Å². The maximum Gasteiger partial charge on any atom is 0.211 e. The number of aliphatic imine (C=N–C) groups is 1. The molecular formula is C12H11N3OS. The van der Waals surface area contributed by atoms with E-state index in [4.69, 9.17) is 5.21 Å². The van der Waals surface area contributed by atoms with Gasteiger partial charge in [0.2, 0.25) is 5.13 Å². The van der Waals surface area contributed by atoms with Crippen LogP contribution in [0.15, 0.2) is 29.3 Å². The first-order valence-corrected chi connectivity index (χ1v) is 6.20. The average Bonchev–Trinajstić information content (AvgIpc) is 2.79. The van der Waals surface area contributed by atoms with Crippen LogP contribution in [0.25, 0.3) is 11.3 Å². The van der Waals surface area contributed by atoms with Gasteiger partial charge in [0.25, 0.3) is 0 Å². The number of rotatable bonds is 2. The van der Waals surface area contributed by atoms with Crippen LogP contribution in [0.1, 0.15) is 10.4 Å². The van der Waals surface area contributed by atoms with Crippen LogP contribution in [-0.2, 0) is 12.8 Å². The lowest BCUT2D eigenvalue weighted by atomic mass is 9.94. The zero-order chi connectivity index (χ0) is 11.7. The van der Waals surface area contributed by atoms with E-state index in [0.29, 0.717) is 5.13 Å². The number of hydroxylamine groups is 1. The van der Waals surface area contributed by atoms with Gasteiger partial charge >= 0.3 is 0 Å². The Balaban J connectivity index is 2.07. The fourth-order valence-corrected chi connectivity index (χ4v) is 3.00. The molecule has 2 aromatic rings. The van der Waals surface area contributed by atoms with Crippen molar-refractivity contribution in [2.75, 3.05) is 0 Å². The largest absolute Gasteiger partial charge is 0.290 e. The molecule has 0 fully saturated rings. The van der Waals surface area contributed by atoms with E-state index in [1.807, 2.05) is 11.5 Å². The Morgan fingerprint density at radius 1 is 1.35 bits per heavy atom. The van der Waals surface area contributed by atoms with Crippen molar-refractivity contribution in [2.45, 2.75) is 12.8 Å². The van der Waals surface area contributed by atoms with Crippen molar-refractivity contribution >= 4 is 22.8 Å². The molecule has 3 rings (SSSR count). The van der Waals surface area contributed by atoms with Gasteiger partial charge in [-0.1, -0.05) is 35.6 Å². The number of aryl methyl sites for hydroxylation is 2. The second-order valence-electron chi connectivity index (χ2n) is 3.81. The first-order valence-electron chi connectivity index (χ1n) is 5.38. The molecule has 5 heteroatoms. The second-order valence-corrected chi connectivity index (χ2v) is 4.87. The molecule has 86 valence electrons. The quantitative estimate of drug-likeness (QED) is 0.485. The molecule has 4 nitrogen and oxygen atoms in total. The highest BCUT2D eigenvalue weighted by Gasteiger charge is 2.19. The molecule has 0 radical (unpaired) electrons. The maximum absolute atomic E-state index is 8.47. The first-order chi connectivity index (χ1) is 8.38. The second kappa shape index (κ2) is 4.27. The molecule has 17 heavy (non-hydrogen) atoms. The van der Waals surface area contributed by atoms with Gasteiger partial charge in [-0.2, -0.15) is 0 Å². The molecule has 1 aliphatic rings. The van der Waals surface area contributed by atoms with E-state index < -0.39 is 0 Å². The van der Waals surface area contributed by atoms with E-state index >= 15 is 0 Å². The number of nitrogens with one attached hydrogen (secondary N) is 1. The van der Waals surface area contributed by atoms with Gasteiger partial charge in [-0.25, -0.2) is 9.98 Å². The molecule has 1 heterocycles. The minimum Gasteiger partial charge on any atom is -0.290 e. The maximum atomic E-state index is 8.47. The third-order valence-electron chi connectivity index (χ3n) is 2.81. The first kappa shape index (κ1) is 10.4. The van der Waals surface area contributed by atoms with Crippen molar-refractivity contribution in [2.24, 2.45) is 4.99 Å². The monoisotopic (exact) mass is 245 g/mol. The fourth-order valence-electron chi connectivity index (χ4n) is 2.08. The highest BCUT2D eigenvalue weighted by Crippen LogP contribution is 2.38. The fraction of sp³-hybridized carbons (Fsp3) is 0.167. The van der Waals surface area contributed by atoms with Gasteiger partial charge in [-0.3, -0.25) is 10.7 Å². The summed E-state index contributed by atoms with van der Waals surface area (Å²) in [6.45, 7) is 0. The Hall–Kier alpha value is -1.72. The SMILES string of the molecule is ON/C=N\c1nc2c(s1)CCc1ccccc1-2. The summed E-state index contributed by atoms with van der Waals surface area (Å²) in [6.07, 6.45) is 3.31. The molecule has 0 atom stereocenters. The number of nitrogens with zero attached hydrogens (tertiary/aromatic N) is 2. The van der Waals surface area contributed by atoms with E-state index in [1.165, 1.54) is 22.3 Å². The predicted octanol–water partition coefficient (Wildman–Crippen LogP) is 2.55. The van der Waals surface area contributed by atoms with Crippen LogP contribution in [0.4, 0.5) is 5.13 Å². The standard InChI is InChI=1S/C12H11N3OS/c16-14-7-13-12-15-11-9-4-2-1-3-8(9)5-6-10(11)17-12/h1-4,7,16H,5-6H2,(H,13,14,15). The zero-order valence-electron chi connectivity index (χ0n) is 9.05. The normalized spacial score (nSPS) is 13.5. The molecular weight excluding hydrogens is 234 g/mol. The van der Waals surface area contributed by atoms with Crippen molar-refractivity contribution in [1.82, 2.24) is 10.5 Å². The molecule has 0 amide bonds. The van der Waals surface area contributed by atoms with Crippen LogP contribution >= 0.6 is 11.3 Å². The molecule has 1 aliphatic carbocycles.